The molecule has 0 radical (unpaired) electrons. The molecule has 0 aliphatic rings. The lowest BCUT2D eigenvalue weighted by Crippen LogP contribution is -2.32. The minimum Gasteiger partial charge on any atom is -0.490 e. The molecule has 28 heavy (non-hydrogen) atoms. The Labute approximate surface area is 175 Å². The number of nitrogens with one attached hydrogen (secondary N) is 1. The number of anilines is 1. The summed E-state index contributed by atoms with van der Waals surface area (Å²) < 4.78 is 30.8. The van der Waals surface area contributed by atoms with Gasteiger partial charge in [-0.3, -0.25) is 9.10 Å². The second-order valence-electron chi connectivity index (χ2n) is 6.05. The van der Waals surface area contributed by atoms with E-state index in [1.165, 1.54) is 4.31 Å². The van der Waals surface area contributed by atoms with E-state index in [0.717, 1.165) is 6.26 Å². The molecule has 2 aromatic rings. The first-order chi connectivity index (χ1) is 13.3. The third-order valence-corrected chi connectivity index (χ3v) is 5.52. The molecule has 152 valence electrons. The van der Waals surface area contributed by atoms with Crippen molar-refractivity contribution in [1.29, 1.82) is 0 Å². The quantitative estimate of drug-likeness (QED) is 0.566. The van der Waals surface area contributed by atoms with Gasteiger partial charge in [0.2, 0.25) is 15.9 Å². The van der Waals surface area contributed by atoms with Gasteiger partial charge in [0, 0.05) is 18.0 Å². The van der Waals surface area contributed by atoms with Crippen molar-refractivity contribution < 1.29 is 17.9 Å². The van der Waals surface area contributed by atoms with Crippen LogP contribution < -0.4 is 14.4 Å². The lowest BCUT2D eigenvalue weighted by Gasteiger charge is -2.22. The highest BCUT2D eigenvalue weighted by atomic mass is 35.5. The highest BCUT2D eigenvalue weighted by molar-refractivity contribution is 7.92. The monoisotopic (exact) mass is 444 g/mol. The lowest BCUT2D eigenvalue weighted by atomic mass is 10.2. The first kappa shape index (κ1) is 22.3. The van der Waals surface area contributed by atoms with Crippen LogP contribution in [0, 0.1) is 0 Å². The molecule has 0 bridgehead atoms. The molecule has 1 N–H and O–H groups in total. The highest BCUT2D eigenvalue weighted by Crippen LogP contribution is 2.23. The average Bonchev–Trinajstić information content (AvgIpc) is 2.62. The normalized spacial score (nSPS) is 11.1. The SMILES string of the molecule is CS(=O)(=O)N(CCCC(=O)NCCOc1ccccc1Cl)c1cccc(Cl)c1. The molecule has 6 nitrogen and oxygen atoms in total. The molecule has 0 unspecified atom stereocenters. The van der Waals surface area contributed by atoms with Gasteiger partial charge in [-0.1, -0.05) is 41.4 Å². The van der Waals surface area contributed by atoms with E-state index in [4.69, 9.17) is 27.9 Å². The minimum absolute atomic E-state index is 0.178. The molecule has 2 rings (SSSR count). The predicted octanol–water partition coefficient (Wildman–Crippen LogP) is 3.73. The van der Waals surface area contributed by atoms with Gasteiger partial charge in [0.05, 0.1) is 23.5 Å². The van der Waals surface area contributed by atoms with Crippen molar-refractivity contribution in [1.82, 2.24) is 5.32 Å². The molecule has 0 atom stereocenters. The Morgan fingerprint density at radius 3 is 2.57 bits per heavy atom. The highest BCUT2D eigenvalue weighted by Gasteiger charge is 2.17. The third kappa shape index (κ3) is 7.22. The number of rotatable bonds is 10. The van der Waals surface area contributed by atoms with Crippen LogP contribution in [0.15, 0.2) is 48.5 Å². The lowest BCUT2D eigenvalue weighted by molar-refractivity contribution is -0.121. The van der Waals surface area contributed by atoms with Crippen molar-refractivity contribution in [2.75, 3.05) is 30.3 Å². The van der Waals surface area contributed by atoms with Crippen molar-refractivity contribution in [3.05, 3.63) is 58.6 Å². The van der Waals surface area contributed by atoms with E-state index in [1.54, 1.807) is 42.5 Å². The van der Waals surface area contributed by atoms with Gasteiger partial charge >= 0.3 is 0 Å². The number of ether oxygens (including phenoxy) is 1. The van der Waals surface area contributed by atoms with Gasteiger partial charge in [-0.05, 0) is 36.8 Å². The number of hydrogen-bond donors (Lipinski definition) is 1. The van der Waals surface area contributed by atoms with Crippen LogP contribution in [0.3, 0.4) is 0 Å². The zero-order chi connectivity index (χ0) is 20.6. The molecule has 0 aromatic heterocycles. The Balaban J connectivity index is 1.76. The van der Waals surface area contributed by atoms with Crippen molar-refractivity contribution >= 4 is 44.8 Å². The van der Waals surface area contributed by atoms with Gasteiger partial charge in [-0.15, -0.1) is 0 Å². The van der Waals surface area contributed by atoms with Crippen LogP contribution in [0.5, 0.6) is 5.75 Å². The van der Waals surface area contributed by atoms with Gasteiger partial charge in [0.25, 0.3) is 0 Å². The summed E-state index contributed by atoms with van der Waals surface area (Å²) in [7, 11) is -3.48. The molecule has 0 spiro atoms. The maximum Gasteiger partial charge on any atom is 0.232 e. The van der Waals surface area contributed by atoms with Crippen LogP contribution in [0.4, 0.5) is 5.69 Å². The molecule has 1 amide bonds. The van der Waals surface area contributed by atoms with E-state index in [0.29, 0.717) is 34.4 Å². The molecule has 0 saturated carbocycles. The molecule has 0 aliphatic carbocycles. The molecule has 0 fully saturated rings. The van der Waals surface area contributed by atoms with Crippen molar-refractivity contribution in [3.63, 3.8) is 0 Å². The molecule has 2 aromatic carbocycles. The fourth-order valence-electron chi connectivity index (χ4n) is 2.50. The molecule has 0 aliphatic heterocycles. The standard InChI is InChI=1S/C19H22Cl2N2O4S/c1-28(25,26)23(16-7-4-6-15(20)14-16)12-5-10-19(24)22-11-13-27-18-9-3-2-8-17(18)21/h2-4,6-9,14H,5,10-13H2,1H3,(H,22,24). The van der Waals surface area contributed by atoms with E-state index in [9.17, 15) is 13.2 Å². The van der Waals surface area contributed by atoms with Crippen LogP contribution >= 0.6 is 23.2 Å². The third-order valence-electron chi connectivity index (χ3n) is 3.78. The van der Waals surface area contributed by atoms with Crippen molar-refractivity contribution in [3.8, 4) is 5.75 Å². The number of hydrogen-bond acceptors (Lipinski definition) is 4. The van der Waals surface area contributed by atoms with Crippen molar-refractivity contribution in [2.24, 2.45) is 0 Å². The summed E-state index contributed by atoms with van der Waals surface area (Å²) in [4.78, 5) is 12.0. The number of halogens is 2. The fraction of sp³-hybridized carbons (Fsp3) is 0.316. The van der Waals surface area contributed by atoms with Gasteiger partial charge < -0.3 is 10.1 Å². The van der Waals surface area contributed by atoms with E-state index < -0.39 is 10.0 Å². The summed E-state index contributed by atoms with van der Waals surface area (Å²) in [5.41, 5.74) is 0.476. The average molecular weight is 445 g/mol. The zero-order valence-corrected chi connectivity index (χ0v) is 17.7. The zero-order valence-electron chi connectivity index (χ0n) is 15.4. The van der Waals surface area contributed by atoms with Crippen molar-refractivity contribution in [2.45, 2.75) is 12.8 Å². The fourth-order valence-corrected chi connectivity index (χ4v) is 3.83. The number of para-hydroxylation sites is 1. The number of benzene rings is 2. The molecule has 0 heterocycles. The van der Waals surface area contributed by atoms with Gasteiger partial charge in [0.1, 0.15) is 12.4 Å². The second-order valence-corrected chi connectivity index (χ2v) is 8.80. The summed E-state index contributed by atoms with van der Waals surface area (Å²) in [5.74, 6) is 0.381. The Kier molecular flexibility index (Phi) is 8.41. The Hall–Kier alpha value is -1.96. The summed E-state index contributed by atoms with van der Waals surface area (Å²) in [6, 6.07) is 13.7. The van der Waals surface area contributed by atoms with E-state index in [-0.39, 0.29) is 25.5 Å². The molecular formula is C19H22Cl2N2O4S. The number of carbonyl (C=O) groups is 1. The largest absolute Gasteiger partial charge is 0.490 e. The van der Waals surface area contributed by atoms with Crippen LogP contribution in [0.2, 0.25) is 10.0 Å². The predicted molar refractivity (Wildman–Crippen MR) is 113 cm³/mol. The molecular weight excluding hydrogens is 423 g/mol. The summed E-state index contributed by atoms with van der Waals surface area (Å²) >= 11 is 11.9. The Bertz CT molecular complexity index is 906. The number of amides is 1. The number of carbonyl (C=O) groups excluding carboxylic acids is 1. The number of sulfonamides is 1. The Morgan fingerprint density at radius 2 is 1.89 bits per heavy atom. The first-order valence-corrected chi connectivity index (χ1v) is 11.2. The molecule has 0 saturated heterocycles. The molecule has 9 heteroatoms. The first-order valence-electron chi connectivity index (χ1n) is 8.64. The van der Waals surface area contributed by atoms with E-state index in [2.05, 4.69) is 5.32 Å². The minimum atomic E-state index is -3.48. The van der Waals surface area contributed by atoms with Gasteiger partial charge in [0.15, 0.2) is 0 Å². The van der Waals surface area contributed by atoms with Crippen LogP contribution in [0.25, 0.3) is 0 Å². The maximum atomic E-state index is 12.0. The topological polar surface area (TPSA) is 75.7 Å². The van der Waals surface area contributed by atoms with E-state index >= 15 is 0 Å². The van der Waals surface area contributed by atoms with Crippen LogP contribution in [-0.2, 0) is 14.8 Å². The Morgan fingerprint density at radius 1 is 1.14 bits per heavy atom. The second kappa shape index (κ2) is 10.5. The van der Waals surface area contributed by atoms with Crippen LogP contribution in [0.1, 0.15) is 12.8 Å². The van der Waals surface area contributed by atoms with E-state index in [1.807, 2.05) is 6.07 Å². The summed E-state index contributed by atoms with van der Waals surface area (Å²) in [5, 5.41) is 3.69. The number of nitrogens with zero attached hydrogens (tertiary/aromatic N) is 1. The summed E-state index contributed by atoms with van der Waals surface area (Å²) in [6.45, 7) is 0.796. The smallest absolute Gasteiger partial charge is 0.232 e. The van der Waals surface area contributed by atoms with Crippen LogP contribution in [-0.4, -0.2) is 40.3 Å². The summed E-state index contributed by atoms with van der Waals surface area (Å²) in [6.07, 6.45) is 1.69. The van der Waals surface area contributed by atoms with Gasteiger partial charge in [-0.25, -0.2) is 8.42 Å². The van der Waals surface area contributed by atoms with Gasteiger partial charge in [-0.2, -0.15) is 0 Å². The maximum absolute atomic E-state index is 12.0.